The average Bonchev–Trinajstić information content (AvgIpc) is 2.24. The van der Waals surface area contributed by atoms with Crippen molar-refractivity contribution in [3.63, 3.8) is 0 Å². The van der Waals surface area contributed by atoms with E-state index in [1.165, 1.54) is 0 Å². The minimum absolute atomic E-state index is 0.0163. The van der Waals surface area contributed by atoms with Crippen LogP contribution < -0.4 is 10.5 Å². The lowest BCUT2D eigenvalue weighted by molar-refractivity contribution is -0.136. The maximum absolute atomic E-state index is 11.9. The summed E-state index contributed by atoms with van der Waals surface area (Å²) < 4.78 is 41.5. The number of rotatable bonds is 5. The summed E-state index contributed by atoms with van der Waals surface area (Å²) >= 11 is 3.21. The molecule has 0 heterocycles. The maximum atomic E-state index is 11.9. The van der Waals surface area contributed by atoms with Crippen LogP contribution in [0.4, 0.5) is 13.2 Å². The predicted octanol–water partition coefficient (Wildman–Crippen LogP) is 3.45. The number of amidine groups is 1. The Morgan fingerprint density at radius 2 is 2.06 bits per heavy atom. The summed E-state index contributed by atoms with van der Waals surface area (Å²) in [5, 5.41) is 7.23. The Labute approximate surface area is 111 Å². The first-order chi connectivity index (χ1) is 8.29. The molecule has 0 unspecified atom stereocenters. The maximum Gasteiger partial charge on any atom is 0.389 e. The number of nitrogens with two attached hydrogens (primary N) is 1. The summed E-state index contributed by atoms with van der Waals surface area (Å²) in [6.45, 7) is -0.0163. The number of hydrogen-bond donors (Lipinski definition) is 2. The molecule has 0 fully saturated rings. The van der Waals surface area contributed by atoms with E-state index in [9.17, 15) is 13.2 Å². The molecule has 0 saturated heterocycles. The Bertz CT molecular complexity index is 435. The van der Waals surface area contributed by atoms with Crippen molar-refractivity contribution >= 4 is 21.8 Å². The third-order valence-corrected chi connectivity index (χ3v) is 2.72. The molecular formula is C11H12BrF3N2O. The zero-order chi connectivity index (χ0) is 13.8. The van der Waals surface area contributed by atoms with Crippen molar-refractivity contribution in [2.45, 2.75) is 19.0 Å². The van der Waals surface area contributed by atoms with Crippen LogP contribution in [-0.4, -0.2) is 18.6 Å². The van der Waals surface area contributed by atoms with Crippen LogP contribution >= 0.6 is 15.9 Å². The SMILES string of the molecule is N=C(N)c1ccc(OCCCC(F)(F)F)c(Br)c1. The fourth-order valence-electron chi connectivity index (χ4n) is 1.24. The van der Waals surface area contributed by atoms with E-state index in [4.69, 9.17) is 15.9 Å². The van der Waals surface area contributed by atoms with Crippen LogP contribution in [0, 0.1) is 5.41 Å². The van der Waals surface area contributed by atoms with Crippen molar-refractivity contribution in [3.8, 4) is 5.75 Å². The minimum Gasteiger partial charge on any atom is -0.492 e. The summed E-state index contributed by atoms with van der Waals surface area (Å²) in [6.07, 6.45) is -5.11. The van der Waals surface area contributed by atoms with Gasteiger partial charge in [0, 0.05) is 12.0 Å². The van der Waals surface area contributed by atoms with Crippen LogP contribution in [0.1, 0.15) is 18.4 Å². The summed E-state index contributed by atoms with van der Waals surface area (Å²) in [7, 11) is 0. The molecule has 1 rings (SSSR count). The summed E-state index contributed by atoms with van der Waals surface area (Å²) in [6, 6.07) is 4.72. The van der Waals surface area contributed by atoms with Gasteiger partial charge in [-0.25, -0.2) is 0 Å². The van der Waals surface area contributed by atoms with Gasteiger partial charge < -0.3 is 10.5 Å². The normalized spacial score (nSPS) is 11.3. The Hall–Kier alpha value is -1.24. The zero-order valence-corrected chi connectivity index (χ0v) is 10.9. The van der Waals surface area contributed by atoms with Crippen molar-refractivity contribution in [3.05, 3.63) is 28.2 Å². The van der Waals surface area contributed by atoms with E-state index in [1.807, 2.05) is 0 Å². The van der Waals surface area contributed by atoms with Gasteiger partial charge in [-0.05, 0) is 40.5 Å². The Morgan fingerprint density at radius 3 is 2.56 bits per heavy atom. The van der Waals surface area contributed by atoms with Crippen LogP contribution in [0.15, 0.2) is 22.7 Å². The molecule has 0 spiro atoms. The highest BCUT2D eigenvalue weighted by atomic mass is 79.9. The van der Waals surface area contributed by atoms with E-state index < -0.39 is 12.6 Å². The lowest BCUT2D eigenvalue weighted by Crippen LogP contribution is -2.11. The predicted molar refractivity (Wildman–Crippen MR) is 65.9 cm³/mol. The third-order valence-electron chi connectivity index (χ3n) is 2.11. The van der Waals surface area contributed by atoms with Crippen LogP contribution in [0.2, 0.25) is 0 Å². The minimum atomic E-state index is -4.15. The highest BCUT2D eigenvalue weighted by molar-refractivity contribution is 9.10. The van der Waals surface area contributed by atoms with Gasteiger partial charge in [-0.1, -0.05) is 0 Å². The van der Waals surface area contributed by atoms with E-state index in [0.717, 1.165) is 0 Å². The van der Waals surface area contributed by atoms with E-state index in [-0.39, 0.29) is 18.9 Å². The molecule has 3 N–H and O–H groups in total. The van der Waals surface area contributed by atoms with Crippen molar-refractivity contribution in [1.82, 2.24) is 0 Å². The first-order valence-electron chi connectivity index (χ1n) is 5.13. The molecule has 0 aromatic heterocycles. The molecule has 3 nitrogen and oxygen atoms in total. The highest BCUT2D eigenvalue weighted by Crippen LogP contribution is 2.27. The van der Waals surface area contributed by atoms with Gasteiger partial charge in [0.25, 0.3) is 0 Å². The second kappa shape index (κ2) is 6.08. The largest absolute Gasteiger partial charge is 0.492 e. The molecule has 1 aromatic carbocycles. The molecule has 0 amide bonds. The number of alkyl halides is 3. The molecular weight excluding hydrogens is 313 g/mol. The van der Waals surface area contributed by atoms with Gasteiger partial charge in [0.1, 0.15) is 11.6 Å². The third kappa shape index (κ3) is 4.95. The highest BCUT2D eigenvalue weighted by Gasteiger charge is 2.26. The molecule has 0 atom stereocenters. The monoisotopic (exact) mass is 324 g/mol. The molecule has 0 aliphatic rings. The second-order valence-corrected chi connectivity index (χ2v) is 4.48. The number of nitrogen functional groups attached to an aromatic ring is 1. The molecule has 1 aromatic rings. The zero-order valence-electron chi connectivity index (χ0n) is 9.35. The molecule has 18 heavy (non-hydrogen) atoms. The Balaban J connectivity index is 2.51. The number of nitrogens with one attached hydrogen (secondary N) is 1. The molecule has 0 saturated carbocycles. The fourth-order valence-corrected chi connectivity index (χ4v) is 1.73. The summed E-state index contributed by atoms with van der Waals surface area (Å²) in [5.74, 6) is 0.349. The quantitative estimate of drug-likeness (QED) is 0.495. The van der Waals surface area contributed by atoms with Gasteiger partial charge in [0.15, 0.2) is 0 Å². The van der Waals surface area contributed by atoms with E-state index in [1.54, 1.807) is 18.2 Å². The Kier molecular flexibility index (Phi) is 5.01. The number of benzene rings is 1. The second-order valence-electron chi connectivity index (χ2n) is 3.63. The molecule has 0 radical (unpaired) electrons. The van der Waals surface area contributed by atoms with Crippen molar-refractivity contribution in [2.75, 3.05) is 6.61 Å². The van der Waals surface area contributed by atoms with Gasteiger partial charge in [0.05, 0.1) is 11.1 Å². The van der Waals surface area contributed by atoms with E-state index in [0.29, 0.717) is 15.8 Å². The number of halogens is 4. The smallest absolute Gasteiger partial charge is 0.389 e. The lowest BCUT2D eigenvalue weighted by atomic mass is 10.2. The lowest BCUT2D eigenvalue weighted by Gasteiger charge is -2.10. The van der Waals surface area contributed by atoms with Crippen LogP contribution in [0.25, 0.3) is 0 Å². The fraction of sp³-hybridized carbons (Fsp3) is 0.364. The Morgan fingerprint density at radius 1 is 1.39 bits per heavy atom. The topological polar surface area (TPSA) is 59.1 Å². The summed E-state index contributed by atoms with van der Waals surface area (Å²) in [5.41, 5.74) is 5.82. The van der Waals surface area contributed by atoms with Crippen LogP contribution in [0.5, 0.6) is 5.75 Å². The standard InChI is InChI=1S/C11H12BrF3N2O/c12-8-6-7(10(16)17)2-3-9(8)18-5-1-4-11(13,14)15/h2-3,6H,1,4-5H2,(H3,16,17). The first kappa shape index (κ1) is 14.8. The first-order valence-corrected chi connectivity index (χ1v) is 5.92. The van der Waals surface area contributed by atoms with E-state index in [2.05, 4.69) is 15.9 Å². The van der Waals surface area contributed by atoms with Gasteiger partial charge in [-0.15, -0.1) is 0 Å². The number of hydrogen-bond acceptors (Lipinski definition) is 2. The molecule has 0 aliphatic carbocycles. The van der Waals surface area contributed by atoms with Gasteiger partial charge in [0.2, 0.25) is 0 Å². The van der Waals surface area contributed by atoms with Crippen molar-refractivity contribution < 1.29 is 17.9 Å². The van der Waals surface area contributed by atoms with Crippen LogP contribution in [-0.2, 0) is 0 Å². The van der Waals surface area contributed by atoms with Crippen molar-refractivity contribution in [1.29, 1.82) is 5.41 Å². The summed E-state index contributed by atoms with van der Waals surface area (Å²) in [4.78, 5) is 0. The van der Waals surface area contributed by atoms with Crippen LogP contribution in [0.3, 0.4) is 0 Å². The molecule has 100 valence electrons. The van der Waals surface area contributed by atoms with Gasteiger partial charge in [-0.2, -0.15) is 13.2 Å². The van der Waals surface area contributed by atoms with E-state index >= 15 is 0 Å². The average molecular weight is 325 g/mol. The van der Waals surface area contributed by atoms with Crippen molar-refractivity contribution in [2.24, 2.45) is 5.73 Å². The van der Waals surface area contributed by atoms with Gasteiger partial charge in [-0.3, -0.25) is 5.41 Å². The van der Waals surface area contributed by atoms with Gasteiger partial charge >= 0.3 is 6.18 Å². The molecule has 0 aliphatic heterocycles. The number of ether oxygens (including phenoxy) is 1. The molecule has 7 heteroatoms. The molecule has 0 bridgehead atoms.